The average molecular weight is 282 g/mol. The van der Waals surface area contributed by atoms with Crippen LogP contribution < -0.4 is 10.1 Å². The third-order valence-corrected chi connectivity index (χ3v) is 2.44. The molecule has 0 aliphatic rings. The molecular formula is C12H9ClFN3O2. The van der Waals surface area contributed by atoms with E-state index in [1.54, 1.807) is 0 Å². The highest BCUT2D eigenvalue weighted by molar-refractivity contribution is 6.29. The summed E-state index contributed by atoms with van der Waals surface area (Å²) >= 11 is 5.62. The summed E-state index contributed by atoms with van der Waals surface area (Å²) in [5, 5.41) is 2.46. The number of amides is 1. The lowest BCUT2D eigenvalue weighted by atomic mass is 10.2. The van der Waals surface area contributed by atoms with Crippen molar-refractivity contribution in [2.75, 3.05) is 12.4 Å². The molecule has 1 N–H and O–H groups in total. The van der Waals surface area contributed by atoms with E-state index in [0.29, 0.717) is 5.75 Å². The van der Waals surface area contributed by atoms with Crippen LogP contribution in [0.1, 0.15) is 10.5 Å². The summed E-state index contributed by atoms with van der Waals surface area (Å²) in [4.78, 5) is 19.3. The van der Waals surface area contributed by atoms with Gasteiger partial charge >= 0.3 is 0 Å². The summed E-state index contributed by atoms with van der Waals surface area (Å²) in [7, 11) is 1.45. The van der Waals surface area contributed by atoms with Crippen LogP contribution in [0.5, 0.6) is 5.75 Å². The van der Waals surface area contributed by atoms with Crippen LogP contribution in [0.3, 0.4) is 0 Å². The lowest BCUT2D eigenvalue weighted by molar-refractivity contribution is 0.102. The summed E-state index contributed by atoms with van der Waals surface area (Å²) in [6.07, 6.45) is 2.53. The van der Waals surface area contributed by atoms with Crippen molar-refractivity contribution in [1.82, 2.24) is 9.97 Å². The highest BCUT2D eigenvalue weighted by Gasteiger charge is 2.12. The SMILES string of the molecule is COc1ccc(F)c(NC(=O)c2cncc(Cl)n2)c1. The van der Waals surface area contributed by atoms with Crippen molar-refractivity contribution in [2.45, 2.75) is 0 Å². The fourth-order valence-electron chi connectivity index (χ4n) is 1.37. The number of benzene rings is 1. The van der Waals surface area contributed by atoms with Crippen LogP contribution >= 0.6 is 11.6 Å². The number of halogens is 2. The van der Waals surface area contributed by atoms with Gasteiger partial charge in [-0.3, -0.25) is 9.78 Å². The standard InChI is InChI=1S/C12H9ClFN3O2/c1-19-7-2-3-8(14)9(4-7)17-12(18)10-5-15-6-11(13)16-10/h2-6H,1H3,(H,17,18). The number of nitrogens with zero attached hydrogens (tertiary/aromatic N) is 2. The highest BCUT2D eigenvalue weighted by Crippen LogP contribution is 2.21. The Morgan fingerprint density at radius 1 is 1.42 bits per heavy atom. The maximum atomic E-state index is 13.5. The van der Waals surface area contributed by atoms with Crippen LogP contribution in [0, 0.1) is 5.82 Å². The first-order chi connectivity index (χ1) is 9.10. The zero-order valence-electron chi connectivity index (χ0n) is 9.85. The topological polar surface area (TPSA) is 64.1 Å². The molecule has 7 heteroatoms. The molecule has 0 bridgehead atoms. The fourth-order valence-corrected chi connectivity index (χ4v) is 1.51. The number of methoxy groups -OCH3 is 1. The highest BCUT2D eigenvalue weighted by atomic mass is 35.5. The van der Waals surface area contributed by atoms with Gasteiger partial charge in [-0.15, -0.1) is 0 Å². The molecule has 0 saturated heterocycles. The Kier molecular flexibility index (Phi) is 3.91. The molecule has 0 fully saturated rings. The van der Waals surface area contributed by atoms with E-state index in [-0.39, 0.29) is 16.5 Å². The maximum Gasteiger partial charge on any atom is 0.276 e. The van der Waals surface area contributed by atoms with Crippen molar-refractivity contribution in [3.8, 4) is 5.75 Å². The zero-order valence-corrected chi connectivity index (χ0v) is 10.6. The number of anilines is 1. The smallest absolute Gasteiger partial charge is 0.276 e. The minimum absolute atomic E-state index is 0.00489. The summed E-state index contributed by atoms with van der Waals surface area (Å²) in [6.45, 7) is 0. The maximum absolute atomic E-state index is 13.5. The average Bonchev–Trinajstić information content (AvgIpc) is 2.41. The minimum atomic E-state index is -0.609. The summed E-state index contributed by atoms with van der Waals surface area (Å²) in [6, 6.07) is 4.01. The Hall–Kier alpha value is -2.21. The molecule has 2 rings (SSSR count). The van der Waals surface area contributed by atoms with Crippen LogP contribution in [-0.2, 0) is 0 Å². The van der Waals surface area contributed by atoms with Crippen LogP contribution in [0.15, 0.2) is 30.6 Å². The number of rotatable bonds is 3. The number of ether oxygens (including phenoxy) is 1. The normalized spacial score (nSPS) is 10.1. The molecule has 0 radical (unpaired) electrons. The lowest BCUT2D eigenvalue weighted by Crippen LogP contribution is -2.15. The van der Waals surface area contributed by atoms with Crippen molar-refractivity contribution in [3.05, 3.63) is 47.3 Å². The number of hydrogen-bond acceptors (Lipinski definition) is 4. The van der Waals surface area contributed by atoms with Crippen molar-refractivity contribution in [2.24, 2.45) is 0 Å². The first-order valence-electron chi connectivity index (χ1n) is 5.22. The quantitative estimate of drug-likeness (QED) is 0.939. The molecule has 1 heterocycles. The van der Waals surface area contributed by atoms with E-state index < -0.39 is 11.7 Å². The largest absolute Gasteiger partial charge is 0.497 e. The van der Waals surface area contributed by atoms with E-state index in [0.717, 1.165) is 0 Å². The van der Waals surface area contributed by atoms with Crippen LogP contribution in [0.25, 0.3) is 0 Å². The van der Waals surface area contributed by atoms with E-state index in [1.165, 1.54) is 37.7 Å². The molecule has 2 aromatic rings. The second kappa shape index (κ2) is 5.62. The van der Waals surface area contributed by atoms with Crippen molar-refractivity contribution >= 4 is 23.2 Å². The van der Waals surface area contributed by atoms with Gasteiger partial charge in [0.15, 0.2) is 0 Å². The molecule has 5 nitrogen and oxygen atoms in total. The minimum Gasteiger partial charge on any atom is -0.497 e. The molecule has 0 spiro atoms. The van der Waals surface area contributed by atoms with Gasteiger partial charge in [-0.25, -0.2) is 9.37 Å². The Bertz CT molecular complexity index is 622. The summed E-state index contributed by atoms with van der Waals surface area (Å²) in [5.41, 5.74) is -0.0131. The molecule has 0 aliphatic heterocycles. The van der Waals surface area contributed by atoms with Gasteiger partial charge in [0.25, 0.3) is 5.91 Å². The lowest BCUT2D eigenvalue weighted by Gasteiger charge is -2.07. The number of carbonyl (C=O) groups is 1. The Balaban J connectivity index is 2.23. The van der Waals surface area contributed by atoms with Gasteiger partial charge in [-0.2, -0.15) is 0 Å². The van der Waals surface area contributed by atoms with Crippen molar-refractivity contribution < 1.29 is 13.9 Å². The zero-order chi connectivity index (χ0) is 13.8. The Morgan fingerprint density at radius 3 is 2.89 bits per heavy atom. The van der Waals surface area contributed by atoms with Gasteiger partial charge in [0, 0.05) is 6.07 Å². The Labute approximate surface area is 113 Å². The molecule has 19 heavy (non-hydrogen) atoms. The molecule has 0 atom stereocenters. The first kappa shape index (κ1) is 13.2. The van der Waals surface area contributed by atoms with Gasteiger partial charge < -0.3 is 10.1 Å². The molecule has 98 valence electrons. The van der Waals surface area contributed by atoms with E-state index in [4.69, 9.17) is 16.3 Å². The molecular weight excluding hydrogens is 273 g/mol. The monoisotopic (exact) mass is 281 g/mol. The first-order valence-corrected chi connectivity index (χ1v) is 5.60. The van der Waals surface area contributed by atoms with Crippen LogP contribution in [0.2, 0.25) is 5.15 Å². The van der Waals surface area contributed by atoms with E-state index >= 15 is 0 Å². The van der Waals surface area contributed by atoms with Gasteiger partial charge in [0.05, 0.1) is 25.2 Å². The number of aromatic nitrogens is 2. The number of hydrogen-bond donors (Lipinski definition) is 1. The summed E-state index contributed by atoms with van der Waals surface area (Å²) < 4.78 is 18.5. The molecule has 1 amide bonds. The van der Waals surface area contributed by atoms with Gasteiger partial charge in [0.2, 0.25) is 0 Å². The molecule has 1 aromatic carbocycles. The predicted octanol–water partition coefficient (Wildman–Crippen LogP) is 2.53. The van der Waals surface area contributed by atoms with Crippen LogP contribution in [-0.4, -0.2) is 23.0 Å². The van der Waals surface area contributed by atoms with Crippen molar-refractivity contribution in [1.29, 1.82) is 0 Å². The predicted molar refractivity (Wildman–Crippen MR) is 67.9 cm³/mol. The third kappa shape index (κ3) is 3.17. The van der Waals surface area contributed by atoms with E-state index in [1.807, 2.05) is 0 Å². The molecule has 1 aromatic heterocycles. The second-order valence-corrected chi connectivity index (χ2v) is 3.91. The van der Waals surface area contributed by atoms with Crippen molar-refractivity contribution in [3.63, 3.8) is 0 Å². The number of nitrogens with one attached hydrogen (secondary N) is 1. The van der Waals surface area contributed by atoms with Crippen LogP contribution in [0.4, 0.5) is 10.1 Å². The third-order valence-electron chi connectivity index (χ3n) is 2.26. The molecule has 0 unspecified atom stereocenters. The Morgan fingerprint density at radius 2 is 2.21 bits per heavy atom. The van der Waals surface area contributed by atoms with E-state index in [9.17, 15) is 9.18 Å². The van der Waals surface area contributed by atoms with Gasteiger partial charge in [-0.1, -0.05) is 11.6 Å². The molecule has 0 saturated carbocycles. The summed E-state index contributed by atoms with van der Waals surface area (Å²) in [5.74, 6) is -0.764. The fraction of sp³-hybridized carbons (Fsp3) is 0.0833. The number of carbonyl (C=O) groups excluding carboxylic acids is 1. The second-order valence-electron chi connectivity index (χ2n) is 3.53. The van der Waals surface area contributed by atoms with Gasteiger partial charge in [0.1, 0.15) is 22.4 Å². The molecule has 0 aliphatic carbocycles. The van der Waals surface area contributed by atoms with E-state index in [2.05, 4.69) is 15.3 Å². The van der Waals surface area contributed by atoms with Gasteiger partial charge in [-0.05, 0) is 12.1 Å².